The Balaban J connectivity index is 1.83. The average molecular weight is 418 g/mol. The lowest BCUT2D eigenvalue weighted by atomic mass is 9.99. The van der Waals surface area contributed by atoms with Crippen molar-refractivity contribution in [1.82, 2.24) is 5.32 Å². The Morgan fingerprint density at radius 2 is 1.70 bits per heavy atom. The number of carbonyl (C=O) groups is 1. The van der Waals surface area contributed by atoms with Gasteiger partial charge < -0.3 is 10.4 Å². The molecule has 0 atom stereocenters. The fraction of sp³-hybridized carbons (Fsp3) is 0.192. The van der Waals surface area contributed by atoms with Crippen LogP contribution in [0.2, 0.25) is 0 Å². The highest BCUT2D eigenvalue weighted by Crippen LogP contribution is 2.38. The molecule has 0 spiro atoms. The van der Waals surface area contributed by atoms with E-state index >= 15 is 0 Å². The number of para-hydroxylation sites is 1. The predicted molar refractivity (Wildman–Crippen MR) is 125 cm³/mol. The van der Waals surface area contributed by atoms with E-state index in [1.165, 1.54) is 0 Å². The minimum absolute atomic E-state index is 0.0311. The molecular weight excluding hydrogens is 390 g/mol. The molecule has 154 valence electrons. The topological polar surface area (TPSA) is 49.3 Å². The van der Waals surface area contributed by atoms with Gasteiger partial charge in [0.05, 0.1) is 0 Å². The van der Waals surface area contributed by atoms with Crippen LogP contribution < -0.4 is 5.32 Å². The van der Waals surface area contributed by atoms with Crippen molar-refractivity contribution in [3.8, 4) is 5.75 Å². The van der Waals surface area contributed by atoms with Gasteiger partial charge in [-0.15, -0.1) is 0 Å². The van der Waals surface area contributed by atoms with E-state index in [1.54, 1.807) is 23.9 Å². The van der Waals surface area contributed by atoms with Gasteiger partial charge >= 0.3 is 0 Å². The van der Waals surface area contributed by atoms with E-state index in [2.05, 4.69) is 24.9 Å². The largest absolute Gasteiger partial charge is 0.507 e. The van der Waals surface area contributed by atoms with Crippen LogP contribution in [0.5, 0.6) is 5.75 Å². The quantitative estimate of drug-likeness (QED) is 0.415. The number of carbonyl (C=O) groups excluding carboxylic acids is 1. The van der Waals surface area contributed by atoms with Gasteiger partial charge in [-0.05, 0) is 60.4 Å². The van der Waals surface area contributed by atoms with E-state index in [1.807, 2.05) is 55.5 Å². The summed E-state index contributed by atoms with van der Waals surface area (Å²) in [5.41, 5.74) is 4.21. The van der Waals surface area contributed by atoms with Crippen molar-refractivity contribution in [1.29, 1.82) is 0 Å². The fourth-order valence-corrected chi connectivity index (χ4v) is 4.22. The standard InChI is InChI=1S/C26H27NO2S/c1-4-5-16-27-26(29)20-14-15-24(18(2)17-20)30-25-13-9-7-11-22(25)19(3)21-10-6-8-12-23(21)28/h6-15,17,28H,3-5,16H2,1-2H3,(H,27,29). The van der Waals surface area contributed by atoms with Crippen LogP contribution in [0.4, 0.5) is 0 Å². The summed E-state index contributed by atoms with van der Waals surface area (Å²) >= 11 is 1.64. The molecule has 30 heavy (non-hydrogen) atoms. The lowest BCUT2D eigenvalue weighted by molar-refractivity contribution is 0.0953. The molecule has 0 aliphatic carbocycles. The minimum atomic E-state index is -0.0311. The Hall–Kier alpha value is -2.98. The second-order valence-electron chi connectivity index (χ2n) is 7.18. The molecule has 2 N–H and O–H groups in total. The Morgan fingerprint density at radius 1 is 1.00 bits per heavy atom. The highest BCUT2D eigenvalue weighted by Gasteiger charge is 2.14. The van der Waals surface area contributed by atoms with Crippen molar-refractivity contribution >= 4 is 23.2 Å². The summed E-state index contributed by atoms with van der Waals surface area (Å²) in [4.78, 5) is 14.5. The van der Waals surface area contributed by atoms with Gasteiger partial charge in [-0.1, -0.05) is 68.1 Å². The molecule has 0 aromatic heterocycles. The minimum Gasteiger partial charge on any atom is -0.507 e. The number of phenols is 1. The van der Waals surface area contributed by atoms with Crippen molar-refractivity contribution in [2.24, 2.45) is 0 Å². The maximum Gasteiger partial charge on any atom is 0.251 e. The fourth-order valence-electron chi connectivity index (χ4n) is 3.18. The number of rotatable bonds is 8. The molecule has 0 bridgehead atoms. The molecule has 3 aromatic carbocycles. The predicted octanol–water partition coefficient (Wildman–Crippen LogP) is 6.44. The molecule has 0 aliphatic heterocycles. The van der Waals surface area contributed by atoms with Gasteiger partial charge in [0, 0.05) is 27.5 Å². The third-order valence-electron chi connectivity index (χ3n) is 4.91. The zero-order chi connectivity index (χ0) is 21.5. The van der Waals surface area contributed by atoms with Crippen LogP contribution >= 0.6 is 11.8 Å². The highest BCUT2D eigenvalue weighted by molar-refractivity contribution is 7.99. The number of hydrogen-bond acceptors (Lipinski definition) is 3. The van der Waals surface area contributed by atoms with Gasteiger partial charge in [0.2, 0.25) is 0 Å². The van der Waals surface area contributed by atoms with E-state index in [9.17, 15) is 9.90 Å². The number of hydrogen-bond donors (Lipinski definition) is 2. The van der Waals surface area contributed by atoms with Crippen molar-refractivity contribution in [3.63, 3.8) is 0 Å². The van der Waals surface area contributed by atoms with Crippen molar-refractivity contribution < 1.29 is 9.90 Å². The van der Waals surface area contributed by atoms with Crippen molar-refractivity contribution in [3.05, 3.63) is 95.6 Å². The van der Waals surface area contributed by atoms with Crippen LogP contribution in [0.1, 0.15) is 46.8 Å². The number of aromatic hydroxyl groups is 1. The summed E-state index contributed by atoms with van der Waals surface area (Å²) in [6.07, 6.45) is 2.04. The summed E-state index contributed by atoms with van der Waals surface area (Å²) in [7, 11) is 0. The molecule has 4 heteroatoms. The summed E-state index contributed by atoms with van der Waals surface area (Å²) in [5.74, 6) is 0.188. The van der Waals surface area contributed by atoms with E-state index < -0.39 is 0 Å². The number of unbranched alkanes of at least 4 members (excludes halogenated alkanes) is 1. The molecule has 0 radical (unpaired) electrons. The normalized spacial score (nSPS) is 10.6. The lowest BCUT2D eigenvalue weighted by Gasteiger charge is -2.14. The van der Waals surface area contributed by atoms with E-state index in [0.29, 0.717) is 12.1 Å². The van der Waals surface area contributed by atoms with Gasteiger partial charge in [0.25, 0.3) is 5.91 Å². The number of aryl methyl sites for hydroxylation is 1. The zero-order valence-corrected chi connectivity index (χ0v) is 18.3. The zero-order valence-electron chi connectivity index (χ0n) is 17.4. The first kappa shape index (κ1) is 21.7. The first-order valence-corrected chi connectivity index (χ1v) is 11.0. The summed E-state index contributed by atoms with van der Waals surface area (Å²) in [5, 5.41) is 13.2. The third kappa shape index (κ3) is 5.14. The van der Waals surface area contributed by atoms with Crippen LogP contribution in [-0.2, 0) is 0 Å². The summed E-state index contributed by atoms with van der Waals surface area (Å²) < 4.78 is 0. The molecule has 0 fully saturated rings. The van der Waals surface area contributed by atoms with Gasteiger partial charge in [0.1, 0.15) is 5.75 Å². The van der Waals surface area contributed by atoms with Crippen LogP contribution in [0.3, 0.4) is 0 Å². The molecule has 0 heterocycles. The van der Waals surface area contributed by atoms with E-state index in [-0.39, 0.29) is 11.7 Å². The van der Waals surface area contributed by atoms with Gasteiger partial charge in [0.15, 0.2) is 0 Å². The molecular formula is C26H27NO2S. The Bertz CT molecular complexity index is 1060. The SMILES string of the molecule is C=C(c1ccccc1O)c1ccccc1Sc1ccc(C(=O)NCCCC)cc1C. The maximum absolute atomic E-state index is 12.3. The Morgan fingerprint density at radius 3 is 2.40 bits per heavy atom. The number of nitrogens with one attached hydrogen (secondary N) is 1. The Kier molecular flexibility index (Phi) is 7.36. The molecule has 3 aromatic rings. The first-order chi connectivity index (χ1) is 14.5. The van der Waals surface area contributed by atoms with Crippen molar-refractivity contribution in [2.75, 3.05) is 6.54 Å². The summed E-state index contributed by atoms with van der Waals surface area (Å²) in [6, 6.07) is 21.1. The Labute approximate surface area is 182 Å². The van der Waals surface area contributed by atoms with Gasteiger partial charge in [-0.3, -0.25) is 4.79 Å². The number of amides is 1. The van der Waals surface area contributed by atoms with Crippen LogP contribution in [0.15, 0.2) is 83.1 Å². The molecule has 0 aliphatic rings. The molecule has 0 saturated carbocycles. The van der Waals surface area contributed by atoms with Crippen LogP contribution in [0, 0.1) is 6.92 Å². The lowest BCUT2D eigenvalue weighted by Crippen LogP contribution is -2.24. The second-order valence-corrected chi connectivity index (χ2v) is 8.27. The summed E-state index contributed by atoms with van der Waals surface area (Å²) in [6.45, 7) is 9.05. The number of benzene rings is 3. The molecule has 1 amide bonds. The second kappa shape index (κ2) is 10.2. The van der Waals surface area contributed by atoms with Crippen LogP contribution in [-0.4, -0.2) is 17.6 Å². The third-order valence-corrected chi connectivity index (χ3v) is 6.17. The molecule has 3 nitrogen and oxygen atoms in total. The number of phenolic OH excluding ortho intramolecular Hbond substituents is 1. The van der Waals surface area contributed by atoms with E-state index in [4.69, 9.17) is 0 Å². The highest BCUT2D eigenvalue weighted by atomic mass is 32.2. The first-order valence-electron chi connectivity index (χ1n) is 10.1. The monoisotopic (exact) mass is 417 g/mol. The average Bonchev–Trinajstić information content (AvgIpc) is 2.75. The molecule has 3 rings (SSSR count). The van der Waals surface area contributed by atoms with E-state index in [0.717, 1.165) is 44.9 Å². The molecule has 0 saturated heterocycles. The smallest absolute Gasteiger partial charge is 0.251 e. The van der Waals surface area contributed by atoms with Crippen molar-refractivity contribution in [2.45, 2.75) is 36.5 Å². The molecule has 0 unspecified atom stereocenters. The van der Waals surface area contributed by atoms with Gasteiger partial charge in [-0.2, -0.15) is 0 Å². The maximum atomic E-state index is 12.3. The van der Waals surface area contributed by atoms with Crippen LogP contribution in [0.25, 0.3) is 5.57 Å². The van der Waals surface area contributed by atoms with Gasteiger partial charge in [-0.25, -0.2) is 0 Å².